The van der Waals surface area contributed by atoms with Crippen molar-refractivity contribution < 1.29 is 14.3 Å². The molecular formula is C16H13NO3S. The van der Waals surface area contributed by atoms with Gasteiger partial charge in [-0.2, -0.15) is 0 Å². The van der Waals surface area contributed by atoms with Gasteiger partial charge in [-0.15, -0.1) is 0 Å². The largest absolute Gasteiger partial charge is 0.497 e. The summed E-state index contributed by atoms with van der Waals surface area (Å²) in [7, 11) is 3.25. The van der Waals surface area contributed by atoms with Crippen LogP contribution in [0.2, 0.25) is 0 Å². The van der Waals surface area contributed by atoms with Crippen molar-refractivity contribution in [3.8, 4) is 5.75 Å². The van der Waals surface area contributed by atoms with E-state index in [1.54, 1.807) is 32.0 Å². The van der Waals surface area contributed by atoms with E-state index >= 15 is 0 Å². The number of hydrogen-bond acceptors (Lipinski definition) is 4. The Hall–Kier alpha value is -2.27. The molecule has 1 aliphatic rings. The predicted molar refractivity (Wildman–Crippen MR) is 81.3 cm³/mol. The molecule has 5 heteroatoms. The molecule has 0 saturated carbocycles. The van der Waals surface area contributed by atoms with Gasteiger partial charge in [0.25, 0.3) is 11.7 Å². The highest BCUT2D eigenvalue weighted by Crippen LogP contribution is 2.35. The molecule has 0 saturated heterocycles. The molecule has 0 radical (unpaired) electrons. The van der Waals surface area contributed by atoms with Crippen molar-refractivity contribution in [1.82, 2.24) is 0 Å². The third-order valence-corrected chi connectivity index (χ3v) is 4.37. The Morgan fingerprint density at radius 3 is 2.33 bits per heavy atom. The summed E-state index contributed by atoms with van der Waals surface area (Å²) in [4.78, 5) is 26.8. The van der Waals surface area contributed by atoms with Crippen LogP contribution in [-0.4, -0.2) is 25.8 Å². The number of anilines is 1. The van der Waals surface area contributed by atoms with Crippen LogP contribution in [-0.2, 0) is 4.79 Å². The van der Waals surface area contributed by atoms with Gasteiger partial charge in [0, 0.05) is 16.8 Å². The van der Waals surface area contributed by atoms with Gasteiger partial charge in [-0.25, -0.2) is 0 Å². The highest BCUT2D eigenvalue weighted by Gasteiger charge is 2.33. The van der Waals surface area contributed by atoms with Crippen LogP contribution >= 0.6 is 11.8 Å². The fourth-order valence-electron chi connectivity index (χ4n) is 2.20. The van der Waals surface area contributed by atoms with Gasteiger partial charge in [0.1, 0.15) is 5.75 Å². The maximum atomic E-state index is 11.7. The van der Waals surface area contributed by atoms with Crippen LogP contribution in [0.25, 0.3) is 0 Å². The Bertz CT molecular complexity index is 725. The topological polar surface area (TPSA) is 46.6 Å². The Kier molecular flexibility index (Phi) is 3.43. The van der Waals surface area contributed by atoms with Gasteiger partial charge in [0.15, 0.2) is 0 Å². The average molecular weight is 299 g/mol. The molecule has 0 aliphatic carbocycles. The summed E-state index contributed by atoms with van der Waals surface area (Å²) in [5.41, 5.74) is 1.14. The Morgan fingerprint density at radius 1 is 1.00 bits per heavy atom. The fourth-order valence-corrected chi connectivity index (χ4v) is 3.05. The zero-order valence-electron chi connectivity index (χ0n) is 11.6. The molecule has 1 heterocycles. The number of amides is 1. The molecule has 0 unspecified atom stereocenters. The SMILES string of the molecule is COc1ccc(Sc2ccc3c(c2)N(C)C(=O)C3=O)cc1. The van der Waals surface area contributed by atoms with Gasteiger partial charge in [-0.1, -0.05) is 11.8 Å². The molecule has 0 fully saturated rings. The Morgan fingerprint density at radius 2 is 1.67 bits per heavy atom. The molecule has 3 rings (SSSR count). The number of hydrogen-bond donors (Lipinski definition) is 0. The second-order valence-electron chi connectivity index (χ2n) is 4.65. The van der Waals surface area contributed by atoms with E-state index in [1.807, 2.05) is 36.4 Å². The maximum absolute atomic E-state index is 11.7. The van der Waals surface area contributed by atoms with Crippen molar-refractivity contribution in [2.24, 2.45) is 0 Å². The van der Waals surface area contributed by atoms with E-state index in [0.29, 0.717) is 11.3 Å². The maximum Gasteiger partial charge on any atom is 0.299 e. The number of benzene rings is 2. The second-order valence-corrected chi connectivity index (χ2v) is 5.80. The first-order chi connectivity index (χ1) is 10.1. The van der Waals surface area contributed by atoms with E-state index < -0.39 is 11.7 Å². The van der Waals surface area contributed by atoms with Crippen molar-refractivity contribution in [2.75, 3.05) is 19.1 Å². The van der Waals surface area contributed by atoms with Crippen molar-refractivity contribution in [2.45, 2.75) is 9.79 Å². The minimum atomic E-state index is -0.475. The monoisotopic (exact) mass is 299 g/mol. The van der Waals surface area contributed by atoms with Crippen LogP contribution in [0.15, 0.2) is 52.3 Å². The number of likely N-dealkylation sites (N-methyl/N-ethyl adjacent to an activating group) is 1. The first kappa shape index (κ1) is 13.7. The summed E-state index contributed by atoms with van der Waals surface area (Å²) in [5.74, 6) is -0.102. The van der Waals surface area contributed by atoms with Gasteiger partial charge < -0.3 is 9.64 Å². The summed E-state index contributed by atoms with van der Waals surface area (Å²) in [6, 6.07) is 13.2. The van der Waals surface area contributed by atoms with E-state index in [-0.39, 0.29) is 0 Å². The molecule has 2 aromatic carbocycles. The molecule has 1 amide bonds. The number of ether oxygens (including phenoxy) is 1. The quantitative estimate of drug-likeness (QED) is 0.817. The summed E-state index contributed by atoms with van der Waals surface area (Å²) in [6.45, 7) is 0. The van der Waals surface area contributed by atoms with Crippen molar-refractivity contribution in [1.29, 1.82) is 0 Å². The van der Waals surface area contributed by atoms with E-state index in [1.165, 1.54) is 4.90 Å². The molecule has 0 spiro atoms. The molecule has 2 aromatic rings. The lowest BCUT2D eigenvalue weighted by Gasteiger charge is -2.10. The lowest BCUT2D eigenvalue weighted by molar-refractivity contribution is -0.114. The average Bonchev–Trinajstić information content (AvgIpc) is 2.73. The summed E-state index contributed by atoms with van der Waals surface area (Å²) in [6.07, 6.45) is 0. The number of methoxy groups -OCH3 is 1. The van der Waals surface area contributed by atoms with Crippen LogP contribution < -0.4 is 9.64 Å². The van der Waals surface area contributed by atoms with Crippen LogP contribution in [0.4, 0.5) is 5.69 Å². The van der Waals surface area contributed by atoms with Crippen molar-refractivity contribution in [3.63, 3.8) is 0 Å². The highest BCUT2D eigenvalue weighted by atomic mass is 32.2. The smallest absolute Gasteiger partial charge is 0.299 e. The van der Waals surface area contributed by atoms with Gasteiger partial charge >= 0.3 is 0 Å². The fraction of sp³-hybridized carbons (Fsp3) is 0.125. The van der Waals surface area contributed by atoms with Gasteiger partial charge in [0.05, 0.1) is 18.4 Å². The van der Waals surface area contributed by atoms with Crippen molar-refractivity contribution >= 4 is 29.1 Å². The summed E-state index contributed by atoms with van der Waals surface area (Å²) >= 11 is 1.57. The Balaban J connectivity index is 1.88. The second kappa shape index (κ2) is 5.26. The number of carbonyl (C=O) groups excluding carboxylic acids is 2. The van der Waals surface area contributed by atoms with Crippen molar-refractivity contribution in [3.05, 3.63) is 48.0 Å². The molecule has 0 atom stereocenters. The minimum absolute atomic E-state index is 0.437. The Labute approximate surface area is 126 Å². The molecule has 0 aromatic heterocycles. The third-order valence-electron chi connectivity index (χ3n) is 3.37. The number of Topliss-reactive ketones (excluding diaryl/α,β-unsaturated/α-hetero) is 1. The first-order valence-corrected chi connectivity index (χ1v) is 7.20. The molecule has 1 aliphatic heterocycles. The van der Waals surface area contributed by atoms with Gasteiger partial charge in [-0.05, 0) is 42.5 Å². The predicted octanol–water partition coefficient (Wildman–Crippen LogP) is 3.01. The van der Waals surface area contributed by atoms with Crippen LogP contribution in [0.1, 0.15) is 10.4 Å². The highest BCUT2D eigenvalue weighted by molar-refractivity contribution is 7.99. The molecular weight excluding hydrogens is 286 g/mol. The molecule has 4 nitrogen and oxygen atoms in total. The normalized spacial score (nSPS) is 13.5. The number of carbonyl (C=O) groups is 2. The zero-order chi connectivity index (χ0) is 15.0. The summed E-state index contributed by atoms with van der Waals surface area (Å²) < 4.78 is 5.13. The minimum Gasteiger partial charge on any atom is -0.497 e. The first-order valence-electron chi connectivity index (χ1n) is 6.38. The number of ketones is 1. The van der Waals surface area contributed by atoms with Gasteiger partial charge in [-0.3, -0.25) is 9.59 Å². The lowest BCUT2D eigenvalue weighted by Crippen LogP contribution is -2.24. The number of fused-ring (bicyclic) bond motifs is 1. The number of nitrogens with zero attached hydrogens (tertiary/aromatic N) is 1. The lowest BCUT2D eigenvalue weighted by atomic mass is 10.1. The summed E-state index contributed by atoms with van der Waals surface area (Å²) in [5, 5.41) is 0. The molecule has 0 N–H and O–H groups in total. The molecule has 21 heavy (non-hydrogen) atoms. The van der Waals surface area contributed by atoms with Crippen LogP contribution in [0, 0.1) is 0 Å². The van der Waals surface area contributed by atoms with E-state index in [9.17, 15) is 9.59 Å². The van der Waals surface area contributed by atoms with Crippen LogP contribution in [0.3, 0.4) is 0 Å². The van der Waals surface area contributed by atoms with Gasteiger partial charge in [0.2, 0.25) is 0 Å². The molecule has 0 bridgehead atoms. The number of rotatable bonds is 3. The van der Waals surface area contributed by atoms with E-state index in [0.717, 1.165) is 15.5 Å². The standard InChI is InChI=1S/C16H13NO3S/c1-17-14-9-12(7-8-13(14)15(18)16(17)19)21-11-5-3-10(20-2)4-6-11/h3-9H,1-2H3. The third kappa shape index (κ3) is 2.40. The zero-order valence-corrected chi connectivity index (χ0v) is 12.4. The van der Waals surface area contributed by atoms with E-state index in [4.69, 9.17) is 4.74 Å². The molecule has 106 valence electrons. The van der Waals surface area contributed by atoms with E-state index in [2.05, 4.69) is 0 Å². The van der Waals surface area contributed by atoms with Crippen LogP contribution in [0.5, 0.6) is 5.75 Å².